The number of benzene rings is 1. The first-order valence-electron chi connectivity index (χ1n) is 3.13. The molecule has 0 aromatic heterocycles. The molecule has 1 aromatic rings. The number of nitrogens with zero attached hydrogens (tertiary/aromatic N) is 1. The van der Waals surface area contributed by atoms with Crippen molar-refractivity contribution in [1.82, 2.24) is 0 Å². The average Bonchev–Trinajstić information content (AvgIpc) is 2.11. The molecule has 0 atom stereocenters. The Hall–Kier alpha value is -1.86. The van der Waals surface area contributed by atoms with Gasteiger partial charge in [0.05, 0.1) is 4.92 Å². The molecule has 0 radical (unpaired) electrons. The van der Waals surface area contributed by atoms with E-state index in [4.69, 9.17) is 0 Å². The largest absolute Gasteiger partial charge is 0.394 e. The molecule has 4 nitrogen and oxygen atoms in total. The second kappa shape index (κ2) is 3.13. The molecule has 0 saturated carbocycles. The molecule has 0 bridgehead atoms. The fourth-order valence-corrected chi connectivity index (χ4v) is 0.799. The number of hydrogen-bond donors (Lipinski definition) is 1. The lowest BCUT2D eigenvalue weighted by Gasteiger charge is -2.02. The summed E-state index contributed by atoms with van der Waals surface area (Å²) in [4.78, 5) is 8.51. The molecule has 0 unspecified atom stereocenters. The molecule has 0 spiro atoms. The van der Waals surface area contributed by atoms with E-state index in [1.807, 2.05) is 0 Å². The van der Waals surface area contributed by atoms with Crippen molar-refractivity contribution in [3.63, 3.8) is 0 Å². The van der Waals surface area contributed by atoms with Crippen LogP contribution in [0.5, 0.6) is 0 Å². The van der Waals surface area contributed by atoms with Gasteiger partial charge in [0.25, 0.3) is 0 Å². The van der Waals surface area contributed by atoms with Gasteiger partial charge in [0.2, 0.25) is 17.5 Å². The summed E-state index contributed by atoms with van der Waals surface area (Å²) in [6, 6.07) is 0. The fourth-order valence-electron chi connectivity index (χ4n) is 0.799. The lowest BCUT2D eigenvalue weighted by Crippen LogP contribution is -2.07. The zero-order valence-electron chi connectivity index (χ0n) is 6.35. The van der Waals surface area contributed by atoms with Crippen molar-refractivity contribution in [2.24, 2.45) is 0 Å². The van der Waals surface area contributed by atoms with Crippen LogP contribution < -0.4 is 5.73 Å². The van der Waals surface area contributed by atoms with Gasteiger partial charge in [-0.05, 0) is 0 Å². The van der Waals surface area contributed by atoms with Crippen molar-refractivity contribution in [1.29, 1.82) is 0 Å². The highest BCUT2D eigenvalue weighted by molar-refractivity contribution is 5.52. The second-order valence-corrected chi connectivity index (χ2v) is 2.28. The highest BCUT2D eigenvalue weighted by Crippen LogP contribution is 2.30. The van der Waals surface area contributed by atoms with Crippen LogP contribution in [0.1, 0.15) is 0 Å². The van der Waals surface area contributed by atoms with Gasteiger partial charge in [-0.3, -0.25) is 10.1 Å². The normalized spacial score (nSPS) is 10.3. The maximum atomic E-state index is 12.7. The lowest BCUT2D eigenvalue weighted by atomic mass is 10.2. The van der Waals surface area contributed by atoms with Gasteiger partial charge >= 0.3 is 5.69 Å². The first-order chi connectivity index (χ1) is 6.37. The van der Waals surface area contributed by atoms with Crippen molar-refractivity contribution in [2.45, 2.75) is 0 Å². The van der Waals surface area contributed by atoms with E-state index in [9.17, 15) is 27.7 Å². The van der Waals surface area contributed by atoms with Crippen LogP contribution in [0.4, 0.5) is 28.9 Å². The molecule has 2 N–H and O–H groups in total. The van der Waals surface area contributed by atoms with Gasteiger partial charge < -0.3 is 5.73 Å². The van der Waals surface area contributed by atoms with Crippen LogP contribution in [-0.2, 0) is 0 Å². The van der Waals surface area contributed by atoms with E-state index in [2.05, 4.69) is 5.73 Å². The molecule has 0 fully saturated rings. The van der Waals surface area contributed by atoms with Crippen LogP contribution in [0.15, 0.2) is 0 Å². The summed E-state index contributed by atoms with van der Waals surface area (Å²) in [5.41, 5.74) is 1.40. The Morgan fingerprint density at radius 1 is 1.00 bits per heavy atom. The van der Waals surface area contributed by atoms with E-state index in [1.165, 1.54) is 0 Å². The molecule has 0 aliphatic rings. The molecule has 0 saturated heterocycles. The molecule has 0 amide bonds. The third-order valence-electron chi connectivity index (χ3n) is 1.46. The number of nitrogens with two attached hydrogens (primary N) is 1. The number of nitro groups is 1. The maximum absolute atomic E-state index is 12.7. The van der Waals surface area contributed by atoms with Gasteiger partial charge in [0, 0.05) is 0 Å². The van der Waals surface area contributed by atoms with Crippen LogP contribution in [-0.4, -0.2) is 4.92 Å². The van der Waals surface area contributed by atoms with Crippen LogP contribution in [0.2, 0.25) is 0 Å². The number of halogens is 4. The monoisotopic (exact) mass is 210 g/mol. The summed E-state index contributed by atoms with van der Waals surface area (Å²) in [5.74, 6) is -8.29. The molecule has 1 rings (SSSR count). The van der Waals surface area contributed by atoms with Crippen LogP contribution >= 0.6 is 0 Å². The first-order valence-corrected chi connectivity index (χ1v) is 3.13. The summed E-state index contributed by atoms with van der Waals surface area (Å²) in [7, 11) is 0. The van der Waals surface area contributed by atoms with Crippen LogP contribution in [0.25, 0.3) is 0 Å². The molecule has 76 valence electrons. The molecule has 8 heteroatoms. The van der Waals surface area contributed by atoms with Gasteiger partial charge in [0.1, 0.15) is 5.69 Å². The fraction of sp³-hybridized carbons (Fsp3) is 0. The molecule has 14 heavy (non-hydrogen) atoms. The van der Waals surface area contributed by atoms with Crippen molar-refractivity contribution in [2.75, 3.05) is 5.73 Å². The molecular weight excluding hydrogens is 208 g/mol. The minimum atomic E-state index is -2.21. The molecule has 0 aliphatic heterocycles. The summed E-state index contributed by atoms with van der Waals surface area (Å²) in [6.45, 7) is 0. The number of hydrogen-bond acceptors (Lipinski definition) is 3. The lowest BCUT2D eigenvalue weighted by molar-refractivity contribution is -0.390. The number of anilines is 1. The zero-order chi connectivity index (χ0) is 11.0. The van der Waals surface area contributed by atoms with Gasteiger partial charge in [-0.25, -0.2) is 8.78 Å². The van der Waals surface area contributed by atoms with Crippen LogP contribution in [0, 0.1) is 33.4 Å². The van der Waals surface area contributed by atoms with E-state index in [1.54, 1.807) is 0 Å². The Bertz CT molecular complexity index is 392. The summed E-state index contributed by atoms with van der Waals surface area (Å²) >= 11 is 0. The van der Waals surface area contributed by atoms with Crippen LogP contribution in [0.3, 0.4) is 0 Å². The van der Waals surface area contributed by atoms with E-state index < -0.39 is 39.6 Å². The van der Waals surface area contributed by atoms with E-state index in [-0.39, 0.29) is 0 Å². The van der Waals surface area contributed by atoms with Crippen molar-refractivity contribution in [3.8, 4) is 0 Å². The topological polar surface area (TPSA) is 69.2 Å². The molecular formula is C6H2F4N2O2. The Morgan fingerprint density at radius 2 is 1.50 bits per heavy atom. The van der Waals surface area contributed by atoms with Gasteiger partial charge in [-0.2, -0.15) is 8.78 Å². The highest BCUT2D eigenvalue weighted by atomic mass is 19.2. The summed E-state index contributed by atoms with van der Waals surface area (Å²) < 4.78 is 50.3. The Morgan fingerprint density at radius 3 is 1.93 bits per heavy atom. The quantitative estimate of drug-likeness (QED) is 0.191. The predicted octanol–water partition coefficient (Wildman–Crippen LogP) is 1.73. The average molecular weight is 210 g/mol. The summed E-state index contributed by atoms with van der Waals surface area (Å²) in [6.07, 6.45) is 0. The highest BCUT2D eigenvalue weighted by Gasteiger charge is 2.31. The first kappa shape index (κ1) is 10.2. The van der Waals surface area contributed by atoms with Gasteiger partial charge in [-0.15, -0.1) is 0 Å². The summed E-state index contributed by atoms with van der Waals surface area (Å²) in [5, 5.41) is 10.0. The van der Waals surface area contributed by atoms with Crippen molar-refractivity contribution >= 4 is 11.4 Å². The second-order valence-electron chi connectivity index (χ2n) is 2.28. The van der Waals surface area contributed by atoms with Gasteiger partial charge in [-0.1, -0.05) is 0 Å². The van der Waals surface area contributed by atoms with E-state index in [0.29, 0.717) is 0 Å². The van der Waals surface area contributed by atoms with Crippen molar-refractivity contribution in [3.05, 3.63) is 33.4 Å². The number of nitrogen functional groups attached to an aromatic ring is 1. The SMILES string of the molecule is Nc1c(F)c(F)c(F)c([N+](=O)[O-])c1F. The third kappa shape index (κ3) is 1.24. The maximum Gasteiger partial charge on any atom is 0.345 e. The molecule has 1 aromatic carbocycles. The smallest absolute Gasteiger partial charge is 0.345 e. The standard InChI is InChI=1S/C6H2F4N2O2/c7-1-2(8)5(11)4(10)6(3(1)9)12(13)14/h11H2. The molecule has 0 aliphatic carbocycles. The minimum Gasteiger partial charge on any atom is -0.394 e. The number of nitro benzene ring substituents is 1. The third-order valence-corrected chi connectivity index (χ3v) is 1.46. The Kier molecular flexibility index (Phi) is 2.28. The predicted molar refractivity (Wildman–Crippen MR) is 37.3 cm³/mol. The molecule has 0 heterocycles. The number of rotatable bonds is 1. The van der Waals surface area contributed by atoms with Gasteiger partial charge in [0.15, 0.2) is 5.82 Å². The Labute approximate surface area is 74.1 Å². The van der Waals surface area contributed by atoms with E-state index >= 15 is 0 Å². The minimum absolute atomic E-state index is 1.42. The Balaban J connectivity index is 3.68. The van der Waals surface area contributed by atoms with E-state index in [0.717, 1.165) is 0 Å². The zero-order valence-corrected chi connectivity index (χ0v) is 6.35. The van der Waals surface area contributed by atoms with Crippen molar-refractivity contribution < 1.29 is 22.5 Å².